The number of nitrogens with one attached hydrogen (secondary N) is 3. The lowest BCUT2D eigenvalue weighted by atomic mass is 10.1. The lowest BCUT2D eigenvalue weighted by Crippen LogP contribution is -2.35. The van der Waals surface area contributed by atoms with Crippen LogP contribution in [0, 0.1) is 5.92 Å². The van der Waals surface area contributed by atoms with Crippen LogP contribution >= 0.6 is 0 Å². The maximum Gasteiger partial charge on any atom is 0.319 e. The van der Waals surface area contributed by atoms with Gasteiger partial charge in [-0.15, -0.1) is 0 Å². The fourth-order valence-corrected chi connectivity index (χ4v) is 2.99. The zero-order valence-corrected chi connectivity index (χ0v) is 19.6. The van der Waals surface area contributed by atoms with Gasteiger partial charge in [-0.1, -0.05) is 27.7 Å². The Balaban J connectivity index is 1.83. The van der Waals surface area contributed by atoms with E-state index in [0.29, 0.717) is 48.9 Å². The standard InChI is InChI=1S/C23H36N6O3/c1-5-29(6-2)12-10-24-22(30)21-16-26-20-15-18(7-8-19(20)28-21)27-23(31)25-11-14-32-13-9-17(3)4/h7-8,15-17H,5-6,9-14H2,1-4H3,(H,24,30)(H2,25,27,31). The average Bonchev–Trinajstić information content (AvgIpc) is 2.78. The molecule has 9 heteroatoms. The van der Waals surface area contributed by atoms with Gasteiger partial charge in [0.05, 0.1) is 23.8 Å². The molecule has 0 unspecified atom stereocenters. The van der Waals surface area contributed by atoms with Gasteiger partial charge in [0.2, 0.25) is 0 Å². The van der Waals surface area contributed by atoms with Crippen LogP contribution in [-0.4, -0.2) is 72.7 Å². The zero-order chi connectivity index (χ0) is 23.3. The molecule has 0 aliphatic rings. The SMILES string of the molecule is CCN(CC)CCNC(=O)c1cnc2cc(NC(=O)NCCOCCC(C)C)ccc2n1. The van der Waals surface area contributed by atoms with Crippen molar-refractivity contribution in [1.82, 2.24) is 25.5 Å². The number of nitrogens with zero attached hydrogens (tertiary/aromatic N) is 3. The highest BCUT2D eigenvalue weighted by Gasteiger charge is 2.10. The number of ether oxygens (including phenoxy) is 1. The number of carbonyl (C=O) groups is 2. The largest absolute Gasteiger partial charge is 0.380 e. The van der Waals surface area contributed by atoms with Crippen molar-refractivity contribution in [2.45, 2.75) is 34.1 Å². The van der Waals surface area contributed by atoms with Crippen molar-refractivity contribution in [1.29, 1.82) is 0 Å². The number of amides is 3. The van der Waals surface area contributed by atoms with Gasteiger partial charge in [-0.3, -0.25) is 9.78 Å². The first kappa shape index (κ1) is 25.5. The van der Waals surface area contributed by atoms with Gasteiger partial charge in [0, 0.05) is 31.9 Å². The van der Waals surface area contributed by atoms with Crippen molar-refractivity contribution in [3.63, 3.8) is 0 Å². The van der Waals surface area contributed by atoms with E-state index in [0.717, 1.165) is 26.1 Å². The fourth-order valence-electron chi connectivity index (χ4n) is 2.99. The number of hydrogen-bond donors (Lipinski definition) is 3. The number of aromatic nitrogens is 2. The first-order chi connectivity index (χ1) is 15.4. The maximum atomic E-state index is 12.4. The molecular formula is C23H36N6O3. The number of fused-ring (bicyclic) bond motifs is 1. The van der Waals surface area contributed by atoms with E-state index in [2.05, 4.69) is 58.5 Å². The van der Waals surface area contributed by atoms with Crippen LogP contribution in [0.5, 0.6) is 0 Å². The van der Waals surface area contributed by atoms with Crippen molar-refractivity contribution in [2.24, 2.45) is 5.92 Å². The fraction of sp³-hybridized carbons (Fsp3) is 0.565. The zero-order valence-electron chi connectivity index (χ0n) is 19.6. The minimum atomic E-state index is -0.311. The number of benzene rings is 1. The smallest absolute Gasteiger partial charge is 0.319 e. The summed E-state index contributed by atoms with van der Waals surface area (Å²) in [5.41, 5.74) is 2.06. The summed E-state index contributed by atoms with van der Waals surface area (Å²) in [6.45, 7) is 13.3. The van der Waals surface area contributed by atoms with E-state index < -0.39 is 0 Å². The molecule has 0 fully saturated rings. The summed E-state index contributed by atoms with van der Waals surface area (Å²) in [7, 11) is 0. The lowest BCUT2D eigenvalue weighted by Gasteiger charge is -2.17. The molecule has 2 aromatic rings. The number of likely N-dealkylation sites (N-methyl/N-ethyl adjacent to an activating group) is 1. The van der Waals surface area contributed by atoms with Crippen LogP contribution in [0.2, 0.25) is 0 Å². The molecule has 1 aromatic heterocycles. The molecule has 0 saturated heterocycles. The van der Waals surface area contributed by atoms with E-state index in [1.54, 1.807) is 18.2 Å². The average molecular weight is 445 g/mol. The normalized spacial score (nSPS) is 11.2. The van der Waals surface area contributed by atoms with Crippen molar-refractivity contribution in [2.75, 3.05) is 51.3 Å². The Hall–Kier alpha value is -2.78. The van der Waals surface area contributed by atoms with Crippen LogP contribution in [0.25, 0.3) is 11.0 Å². The third-order valence-corrected chi connectivity index (χ3v) is 5.01. The summed E-state index contributed by atoms with van der Waals surface area (Å²) in [6.07, 6.45) is 2.46. The summed E-state index contributed by atoms with van der Waals surface area (Å²) in [4.78, 5) is 35.4. The summed E-state index contributed by atoms with van der Waals surface area (Å²) in [5, 5.41) is 8.41. The second-order valence-corrected chi connectivity index (χ2v) is 7.92. The molecule has 9 nitrogen and oxygen atoms in total. The van der Waals surface area contributed by atoms with Gasteiger partial charge in [-0.05, 0) is 43.6 Å². The second kappa shape index (κ2) is 13.6. The van der Waals surface area contributed by atoms with Crippen LogP contribution in [0.4, 0.5) is 10.5 Å². The number of carbonyl (C=O) groups excluding carboxylic acids is 2. The Morgan fingerprint density at radius 3 is 2.56 bits per heavy atom. The van der Waals surface area contributed by atoms with E-state index in [1.807, 2.05) is 0 Å². The van der Waals surface area contributed by atoms with E-state index in [9.17, 15) is 9.59 Å². The molecule has 1 heterocycles. The predicted octanol–water partition coefficient (Wildman–Crippen LogP) is 2.89. The summed E-state index contributed by atoms with van der Waals surface area (Å²) < 4.78 is 5.48. The maximum absolute atomic E-state index is 12.4. The first-order valence-electron chi connectivity index (χ1n) is 11.3. The number of rotatable bonds is 13. The van der Waals surface area contributed by atoms with E-state index >= 15 is 0 Å². The molecule has 0 aliphatic heterocycles. The molecule has 0 aliphatic carbocycles. The Labute approximate surface area is 190 Å². The molecule has 0 atom stereocenters. The van der Waals surface area contributed by atoms with Crippen molar-refractivity contribution >= 4 is 28.7 Å². The highest BCUT2D eigenvalue weighted by Crippen LogP contribution is 2.16. The Morgan fingerprint density at radius 1 is 1.06 bits per heavy atom. The molecule has 1 aromatic carbocycles. The molecule has 0 bridgehead atoms. The van der Waals surface area contributed by atoms with Crippen molar-refractivity contribution < 1.29 is 14.3 Å². The summed E-state index contributed by atoms with van der Waals surface area (Å²) in [6, 6.07) is 4.88. The lowest BCUT2D eigenvalue weighted by molar-refractivity contribution is 0.0944. The molecule has 3 N–H and O–H groups in total. The molecular weight excluding hydrogens is 408 g/mol. The van der Waals surface area contributed by atoms with Gasteiger partial charge in [0.25, 0.3) is 5.91 Å². The van der Waals surface area contributed by atoms with Crippen LogP contribution in [0.15, 0.2) is 24.4 Å². The first-order valence-corrected chi connectivity index (χ1v) is 11.3. The molecule has 2 rings (SSSR count). The van der Waals surface area contributed by atoms with Crippen molar-refractivity contribution in [3.8, 4) is 0 Å². The monoisotopic (exact) mass is 444 g/mol. The topological polar surface area (TPSA) is 108 Å². The van der Waals surface area contributed by atoms with Gasteiger partial charge in [-0.2, -0.15) is 0 Å². The Bertz CT molecular complexity index is 870. The predicted molar refractivity (Wildman–Crippen MR) is 127 cm³/mol. The van der Waals surface area contributed by atoms with E-state index in [-0.39, 0.29) is 17.6 Å². The summed E-state index contributed by atoms with van der Waals surface area (Å²) >= 11 is 0. The third kappa shape index (κ3) is 8.76. The van der Waals surface area contributed by atoms with Crippen LogP contribution in [0.1, 0.15) is 44.6 Å². The molecule has 0 radical (unpaired) electrons. The van der Waals surface area contributed by atoms with E-state index in [1.165, 1.54) is 6.20 Å². The van der Waals surface area contributed by atoms with Crippen LogP contribution in [-0.2, 0) is 4.74 Å². The number of hydrogen-bond acceptors (Lipinski definition) is 6. The molecule has 32 heavy (non-hydrogen) atoms. The molecule has 0 saturated carbocycles. The Kier molecular flexibility index (Phi) is 10.8. The number of anilines is 1. The second-order valence-electron chi connectivity index (χ2n) is 7.92. The van der Waals surface area contributed by atoms with Gasteiger partial charge in [0.15, 0.2) is 0 Å². The van der Waals surface area contributed by atoms with Gasteiger partial charge >= 0.3 is 6.03 Å². The highest BCUT2D eigenvalue weighted by atomic mass is 16.5. The molecule has 176 valence electrons. The van der Waals surface area contributed by atoms with Gasteiger partial charge < -0.3 is 25.6 Å². The third-order valence-electron chi connectivity index (χ3n) is 5.01. The highest BCUT2D eigenvalue weighted by molar-refractivity contribution is 5.95. The van der Waals surface area contributed by atoms with Gasteiger partial charge in [-0.25, -0.2) is 9.78 Å². The molecule has 0 spiro atoms. The Morgan fingerprint density at radius 2 is 1.84 bits per heavy atom. The minimum absolute atomic E-state index is 0.247. The summed E-state index contributed by atoms with van der Waals surface area (Å²) in [5.74, 6) is 0.356. The molecule has 3 amide bonds. The van der Waals surface area contributed by atoms with E-state index in [4.69, 9.17) is 4.74 Å². The number of urea groups is 1. The van der Waals surface area contributed by atoms with Crippen LogP contribution < -0.4 is 16.0 Å². The van der Waals surface area contributed by atoms with Crippen LogP contribution in [0.3, 0.4) is 0 Å². The quantitative estimate of drug-likeness (QED) is 0.410. The van der Waals surface area contributed by atoms with Crippen molar-refractivity contribution in [3.05, 3.63) is 30.1 Å². The van der Waals surface area contributed by atoms with Gasteiger partial charge in [0.1, 0.15) is 5.69 Å². The minimum Gasteiger partial charge on any atom is -0.380 e.